The van der Waals surface area contributed by atoms with Gasteiger partial charge in [0.2, 0.25) is 0 Å². The number of hydrogen-bond acceptors (Lipinski definition) is 3. The van der Waals surface area contributed by atoms with E-state index in [4.69, 9.17) is 9.47 Å². The first-order valence-electron chi connectivity index (χ1n) is 11.8. The van der Waals surface area contributed by atoms with E-state index in [1.54, 1.807) is 0 Å². The van der Waals surface area contributed by atoms with Gasteiger partial charge in [0.05, 0.1) is 11.2 Å². The maximum atomic E-state index is 12.3. The molecule has 1 N–H and O–H groups in total. The molecule has 0 spiro atoms. The van der Waals surface area contributed by atoms with Gasteiger partial charge < -0.3 is 14.8 Å². The van der Waals surface area contributed by atoms with Crippen LogP contribution in [0.1, 0.15) is 92.9 Å². The molecule has 1 unspecified atom stereocenters. The highest BCUT2D eigenvalue weighted by Crippen LogP contribution is 2.65. The summed E-state index contributed by atoms with van der Waals surface area (Å²) in [6.07, 6.45) is 10.3. The zero-order valence-corrected chi connectivity index (χ0v) is 19.6. The molecule has 1 saturated heterocycles. The van der Waals surface area contributed by atoms with Crippen LogP contribution in [-0.2, 0) is 9.47 Å². The summed E-state index contributed by atoms with van der Waals surface area (Å²) in [6, 6.07) is 0. The second kappa shape index (κ2) is 7.90. The van der Waals surface area contributed by atoms with Crippen molar-refractivity contribution >= 4 is 6.09 Å². The number of amides is 1. The van der Waals surface area contributed by atoms with Gasteiger partial charge in [-0.15, -0.1) is 6.58 Å². The summed E-state index contributed by atoms with van der Waals surface area (Å²) >= 11 is 0. The first-order chi connectivity index (χ1) is 13.5. The van der Waals surface area contributed by atoms with Gasteiger partial charge in [0, 0.05) is 12.0 Å². The fourth-order valence-corrected chi connectivity index (χ4v) is 7.15. The molecule has 29 heavy (non-hydrogen) atoms. The monoisotopic (exact) mass is 405 g/mol. The van der Waals surface area contributed by atoms with Gasteiger partial charge in [-0.3, -0.25) is 0 Å². The van der Waals surface area contributed by atoms with E-state index in [1.165, 1.54) is 6.42 Å². The Kier molecular flexibility index (Phi) is 6.17. The maximum absolute atomic E-state index is 12.3. The molecule has 1 amide bonds. The lowest BCUT2D eigenvalue weighted by Crippen LogP contribution is -2.64. The topological polar surface area (TPSA) is 47.6 Å². The van der Waals surface area contributed by atoms with E-state index in [0.29, 0.717) is 18.4 Å². The van der Waals surface area contributed by atoms with Gasteiger partial charge in [-0.25, -0.2) is 4.79 Å². The summed E-state index contributed by atoms with van der Waals surface area (Å²) in [6.45, 7) is 18.5. The summed E-state index contributed by atoms with van der Waals surface area (Å²) in [4.78, 5) is 12.3. The van der Waals surface area contributed by atoms with Crippen molar-refractivity contribution < 1.29 is 14.3 Å². The number of carbonyl (C=O) groups is 1. The zero-order valence-electron chi connectivity index (χ0n) is 19.6. The predicted octanol–water partition coefficient (Wildman–Crippen LogP) is 6.25. The Morgan fingerprint density at radius 2 is 1.79 bits per heavy atom. The molecule has 6 atom stereocenters. The summed E-state index contributed by atoms with van der Waals surface area (Å²) in [5, 5.41) is 2.93. The predicted molar refractivity (Wildman–Crippen MR) is 118 cm³/mol. The van der Waals surface area contributed by atoms with E-state index in [0.717, 1.165) is 44.9 Å². The molecule has 0 radical (unpaired) electrons. The molecule has 166 valence electrons. The van der Waals surface area contributed by atoms with Gasteiger partial charge >= 0.3 is 6.09 Å². The molecule has 3 aliphatic rings. The lowest BCUT2D eigenvalue weighted by Gasteiger charge is -2.66. The van der Waals surface area contributed by atoms with Gasteiger partial charge in [0.15, 0.2) is 0 Å². The number of nitrogens with one attached hydrogen (secondary N) is 1. The molecule has 4 nitrogen and oxygen atoms in total. The van der Waals surface area contributed by atoms with Crippen LogP contribution in [0.4, 0.5) is 4.79 Å². The van der Waals surface area contributed by atoms with Gasteiger partial charge in [-0.05, 0) is 76.0 Å². The smallest absolute Gasteiger partial charge is 0.407 e. The lowest BCUT2D eigenvalue weighted by molar-refractivity contribution is -0.261. The van der Waals surface area contributed by atoms with Crippen LogP contribution in [0, 0.1) is 22.7 Å². The molecule has 3 fully saturated rings. The van der Waals surface area contributed by atoms with Crippen molar-refractivity contribution in [2.75, 3.05) is 6.54 Å². The maximum Gasteiger partial charge on any atom is 0.407 e. The number of ether oxygens (including phenoxy) is 2. The second-order valence-corrected chi connectivity index (χ2v) is 11.2. The third kappa shape index (κ3) is 3.98. The number of carbonyl (C=O) groups excluding carboxylic acids is 1. The van der Waals surface area contributed by atoms with Crippen molar-refractivity contribution in [3.05, 3.63) is 12.7 Å². The number of unbranched alkanes of at least 4 members (excludes halogenated alkanes) is 1. The molecular formula is C25H43NO3. The highest BCUT2D eigenvalue weighted by atomic mass is 16.6. The molecule has 2 saturated carbocycles. The molecule has 0 bridgehead atoms. The minimum Gasteiger partial charge on any atom is -0.446 e. The minimum atomic E-state index is -0.247. The number of hydrogen-bond donors (Lipinski definition) is 1. The van der Waals surface area contributed by atoms with E-state index in [9.17, 15) is 4.79 Å². The Labute approximate surface area is 178 Å². The molecule has 1 heterocycles. The van der Waals surface area contributed by atoms with Crippen molar-refractivity contribution in [1.29, 1.82) is 0 Å². The van der Waals surface area contributed by atoms with E-state index < -0.39 is 0 Å². The Morgan fingerprint density at radius 3 is 2.45 bits per heavy atom. The Balaban J connectivity index is 1.75. The number of fused-ring (bicyclic) bond motifs is 3. The van der Waals surface area contributed by atoms with Gasteiger partial charge in [-0.1, -0.05) is 40.2 Å². The third-order valence-corrected chi connectivity index (χ3v) is 8.81. The largest absolute Gasteiger partial charge is 0.446 e. The SMILES string of the molecule is C=C[C@@]1(C)CC[C@@H]2[C@](C)(CCC3C(C)(C)[C@H](OC(=O)NCCCC)CC[C@]32C)O1. The van der Waals surface area contributed by atoms with E-state index in [2.05, 4.69) is 53.4 Å². The molecule has 0 aromatic carbocycles. The average Bonchev–Trinajstić information content (AvgIpc) is 2.63. The average molecular weight is 406 g/mol. The molecular weight excluding hydrogens is 362 g/mol. The quantitative estimate of drug-likeness (QED) is 0.434. The van der Waals surface area contributed by atoms with Crippen LogP contribution < -0.4 is 5.32 Å². The summed E-state index contributed by atoms with van der Waals surface area (Å²) < 4.78 is 12.7. The zero-order chi connectivity index (χ0) is 21.5. The van der Waals surface area contributed by atoms with E-state index in [-0.39, 0.29) is 34.2 Å². The summed E-state index contributed by atoms with van der Waals surface area (Å²) in [5.74, 6) is 1.08. The first-order valence-corrected chi connectivity index (χ1v) is 11.8. The normalized spacial score (nSPS) is 43.6. The first kappa shape index (κ1) is 22.7. The third-order valence-electron chi connectivity index (χ3n) is 8.81. The van der Waals surface area contributed by atoms with Crippen molar-refractivity contribution in [1.82, 2.24) is 5.32 Å². The van der Waals surface area contributed by atoms with Crippen LogP contribution in [0.5, 0.6) is 0 Å². The Bertz CT molecular complexity index is 632. The van der Waals surface area contributed by atoms with Crippen molar-refractivity contribution in [3.63, 3.8) is 0 Å². The standard InChI is InChI=1S/C25H43NO3/c1-8-10-17-26-21(27)28-20-13-15-24(6)18(22(20,3)4)12-16-25(7)19(24)11-14-23(5,9-2)29-25/h9,18-20H,2,8,10-17H2,1,3-7H3,(H,26,27)/t18?,19-,20+,23-,24+,25-/m0/s1. The number of rotatable bonds is 5. The molecule has 4 heteroatoms. The second-order valence-electron chi connectivity index (χ2n) is 11.2. The molecule has 3 rings (SSSR count). The van der Waals surface area contributed by atoms with Crippen LogP contribution in [0.25, 0.3) is 0 Å². The molecule has 2 aliphatic carbocycles. The summed E-state index contributed by atoms with van der Waals surface area (Å²) in [5.41, 5.74) is -0.109. The van der Waals surface area contributed by atoms with Crippen LogP contribution in [-0.4, -0.2) is 29.9 Å². The van der Waals surface area contributed by atoms with Crippen molar-refractivity contribution in [3.8, 4) is 0 Å². The molecule has 0 aromatic heterocycles. The van der Waals surface area contributed by atoms with E-state index in [1.807, 2.05) is 6.08 Å². The van der Waals surface area contributed by atoms with Crippen molar-refractivity contribution in [2.45, 2.75) is 110 Å². The van der Waals surface area contributed by atoms with Gasteiger partial charge in [0.1, 0.15) is 6.10 Å². The fourth-order valence-electron chi connectivity index (χ4n) is 7.15. The highest BCUT2D eigenvalue weighted by molar-refractivity contribution is 5.67. The van der Waals surface area contributed by atoms with E-state index >= 15 is 0 Å². The lowest BCUT2D eigenvalue weighted by atomic mass is 9.44. The van der Waals surface area contributed by atoms with Crippen molar-refractivity contribution in [2.24, 2.45) is 22.7 Å². The Morgan fingerprint density at radius 1 is 1.10 bits per heavy atom. The van der Waals surface area contributed by atoms with Gasteiger partial charge in [0.25, 0.3) is 0 Å². The van der Waals surface area contributed by atoms with Crippen LogP contribution in [0.15, 0.2) is 12.7 Å². The van der Waals surface area contributed by atoms with Crippen LogP contribution in [0.2, 0.25) is 0 Å². The van der Waals surface area contributed by atoms with Gasteiger partial charge in [-0.2, -0.15) is 0 Å². The number of alkyl carbamates (subject to hydrolysis) is 1. The minimum absolute atomic E-state index is 0.0190. The van der Waals surface area contributed by atoms with Crippen LogP contribution >= 0.6 is 0 Å². The fraction of sp³-hybridized carbons (Fsp3) is 0.880. The Hall–Kier alpha value is -1.03. The van der Waals surface area contributed by atoms with Crippen LogP contribution in [0.3, 0.4) is 0 Å². The molecule has 0 aromatic rings. The highest BCUT2D eigenvalue weighted by Gasteiger charge is 2.63. The molecule has 1 aliphatic heterocycles. The summed E-state index contributed by atoms with van der Waals surface area (Å²) in [7, 11) is 0.